The molecule has 1 atom stereocenters. The minimum atomic E-state index is -0.337. The molecule has 0 saturated heterocycles. The minimum Gasteiger partial charge on any atom is -0.458 e. The highest BCUT2D eigenvalue weighted by Gasteiger charge is 2.36. The second-order valence-electron chi connectivity index (χ2n) is 6.22. The van der Waals surface area contributed by atoms with Crippen LogP contribution in [0.5, 0.6) is 0 Å². The maximum atomic E-state index is 12.9. The molecule has 1 aliphatic rings. The zero-order chi connectivity index (χ0) is 18.3. The number of nitrogens with zero attached hydrogens (tertiary/aromatic N) is 2. The minimum absolute atomic E-state index is 0.184. The highest BCUT2D eigenvalue weighted by atomic mass is 32.1. The van der Waals surface area contributed by atoms with Gasteiger partial charge in [0.25, 0.3) is 0 Å². The number of allylic oxidation sites excluding steroid dienone is 1. The molecule has 0 unspecified atom stereocenters. The van der Waals surface area contributed by atoms with Gasteiger partial charge in [0.15, 0.2) is 0 Å². The lowest BCUT2D eigenvalue weighted by atomic mass is 9.99. The monoisotopic (exact) mass is 365 g/mol. The molecule has 0 radical (unpaired) electrons. The molecule has 6 heteroatoms. The summed E-state index contributed by atoms with van der Waals surface area (Å²) < 4.78 is 7.48. The number of ether oxygens (including phenoxy) is 1. The number of aromatic nitrogens is 2. The van der Waals surface area contributed by atoms with Crippen LogP contribution in [0.1, 0.15) is 23.4 Å². The quantitative estimate of drug-likeness (QED) is 0.549. The summed E-state index contributed by atoms with van der Waals surface area (Å²) in [6.07, 6.45) is 1.58. The third-order valence-corrected chi connectivity index (χ3v) is 5.60. The summed E-state index contributed by atoms with van der Waals surface area (Å²) in [5.74, 6) is 0.401. The van der Waals surface area contributed by atoms with Crippen molar-refractivity contribution in [1.82, 2.24) is 9.55 Å². The molecule has 3 heterocycles. The molecule has 1 N–H and O–H groups in total. The van der Waals surface area contributed by atoms with E-state index in [0.29, 0.717) is 5.57 Å². The molecule has 0 saturated carbocycles. The van der Waals surface area contributed by atoms with Crippen molar-refractivity contribution in [3.8, 4) is 0 Å². The van der Waals surface area contributed by atoms with E-state index in [2.05, 4.69) is 29.5 Å². The average Bonchev–Trinajstić information content (AvgIpc) is 3.21. The second-order valence-corrected chi connectivity index (χ2v) is 7.16. The Morgan fingerprint density at radius 2 is 2.19 bits per heavy atom. The van der Waals surface area contributed by atoms with E-state index in [1.54, 1.807) is 17.4 Å². The number of thiophene rings is 1. The molecule has 1 aliphatic heterocycles. The fourth-order valence-corrected chi connectivity index (χ4v) is 4.38. The van der Waals surface area contributed by atoms with Gasteiger partial charge in [-0.1, -0.05) is 24.8 Å². The maximum absolute atomic E-state index is 12.9. The van der Waals surface area contributed by atoms with Crippen LogP contribution in [0.25, 0.3) is 11.0 Å². The normalized spacial score (nSPS) is 16.3. The Kier molecular flexibility index (Phi) is 4.12. The van der Waals surface area contributed by atoms with Crippen LogP contribution in [0.4, 0.5) is 5.95 Å². The number of carbonyl (C=O) groups is 1. The van der Waals surface area contributed by atoms with E-state index in [1.807, 2.05) is 36.6 Å². The van der Waals surface area contributed by atoms with Gasteiger partial charge in [0.05, 0.1) is 16.6 Å². The molecular weight excluding hydrogens is 346 g/mol. The third kappa shape index (κ3) is 2.54. The number of carbonyl (C=O) groups excluding carboxylic acids is 1. The summed E-state index contributed by atoms with van der Waals surface area (Å²) in [4.78, 5) is 18.7. The molecule has 0 aliphatic carbocycles. The number of para-hydroxylation sites is 2. The van der Waals surface area contributed by atoms with Gasteiger partial charge in [0, 0.05) is 10.6 Å². The van der Waals surface area contributed by atoms with Gasteiger partial charge >= 0.3 is 5.97 Å². The van der Waals surface area contributed by atoms with Gasteiger partial charge in [-0.3, -0.25) is 4.57 Å². The Bertz CT molecular complexity index is 1040. The van der Waals surface area contributed by atoms with Crippen molar-refractivity contribution >= 4 is 34.3 Å². The zero-order valence-electron chi connectivity index (χ0n) is 14.7. The predicted octanol–water partition coefficient (Wildman–Crippen LogP) is 4.42. The molecule has 26 heavy (non-hydrogen) atoms. The van der Waals surface area contributed by atoms with Gasteiger partial charge in [0.1, 0.15) is 12.6 Å². The molecule has 0 bridgehead atoms. The van der Waals surface area contributed by atoms with Crippen molar-refractivity contribution in [3.05, 3.63) is 70.1 Å². The Morgan fingerprint density at radius 3 is 2.92 bits per heavy atom. The van der Waals surface area contributed by atoms with Gasteiger partial charge in [-0.05, 0) is 43.0 Å². The first-order chi connectivity index (χ1) is 12.6. The van der Waals surface area contributed by atoms with Crippen molar-refractivity contribution in [1.29, 1.82) is 0 Å². The van der Waals surface area contributed by atoms with E-state index in [9.17, 15) is 4.79 Å². The summed E-state index contributed by atoms with van der Waals surface area (Å²) in [5, 5.41) is 5.33. The number of hydrogen-bond donors (Lipinski definition) is 1. The van der Waals surface area contributed by atoms with E-state index in [-0.39, 0.29) is 18.6 Å². The number of imidazole rings is 1. The molecule has 132 valence electrons. The number of benzene rings is 1. The average molecular weight is 365 g/mol. The Morgan fingerprint density at radius 1 is 1.38 bits per heavy atom. The van der Waals surface area contributed by atoms with Crippen LogP contribution >= 0.6 is 11.3 Å². The van der Waals surface area contributed by atoms with Crippen LogP contribution in [0.2, 0.25) is 0 Å². The molecule has 5 nitrogen and oxygen atoms in total. The summed E-state index contributed by atoms with van der Waals surface area (Å²) in [5.41, 5.74) is 4.39. The van der Waals surface area contributed by atoms with E-state index in [1.165, 1.54) is 0 Å². The Hall–Kier alpha value is -2.86. The van der Waals surface area contributed by atoms with E-state index in [4.69, 9.17) is 9.72 Å². The fourth-order valence-electron chi connectivity index (χ4n) is 3.35. The summed E-state index contributed by atoms with van der Waals surface area (Å²) in [7, 11) is 0. The first-order valence-electron chi connectivity index (χ1n) is 8.38. The van der Waals surface area contributed by atoms with E-state index in [0.717, 1.165) is 33.1 Å². The molecule has 1 aromatic carbocycles. The standard InChI is InChI=1S/C20H19N3O2S/c1-4-10-25-19(24)16-13(3)21-20-22-14-7-5-6-8-15(14)23(20)17(16)18-12(2)9-11-26-18/h4-9,11,17H,1,10H2,2-3H3,(H,21,22)/t17-/m0/s1. The molecule has 0 spiro atoms. The van der Waals surface area contributed by atoms with Crippen molar-refractivity contribution in [2.75, 3.05) is 11.9 Å². The van der Waals surface area contributed by atoms with Gasteiger partial charge in [-0.2, -0.15) is 0 Å². The lowest BCUT2D eigenvalue weighted by Crippen LogP contribution is -2.28. The first-order valence-corrected chi connectivity index (χ1v) is 9.26. The number of aryl methyl sites for hydroxylation is 1. The number of hydrogen-bond acceptors (Lipinski definition) is 5. The number of nitrogens with one attached hydrogen (secondary N) is 1. The second kappa shape index (κ2) is 6.46. The van der Waals surface area contributed by atoms with E-state index < -0.39 is 0 Å². The highest BCUT2D eigenvalue weighted by Crippen LogP contribution is 2.42. The number of anilines is 1. The smallest absolute Gasteiger partial charge is 0.338 e. The number of fused-ring (bicyclic) bond motifs is 3. The predicted molar refractivity (Wildman–Crippen MR) is 104 cm³/mol. The van der Waals surface area contributed by atoms with Gasteiger partial charge in [-0.25, -0.2) is 9.78 Å². The lowest BCUT2D eigenvalue weighted by molar-refractivity contribution is -0.138. The summed E-state index contributed by atoms with van der Waals surface area (Å²) in [6, 6.07) is 9.75. The third-order valence-electron chi connectivity index (χ3n) is 4.53. The molecule has 0 fully saturated rings. The molecule has 2 aromatic heterocycles. The topological polar surface area (TPSA) is 56.1 Å². The van der Waals surface area contributed by atoms with Crippen molar-refractivity contribution in [3.63, 3.8) is 0 Å². The largest absolute Gasteiger partial charge is 0.458 e. The number of rotatable bonds is 4. The summed E-state index contributed by atoms with van der Waals surface area (Å²) in [6.45, 7) is 7.77. The molecule has 0 amide bonds. The van der Waals surface area contributed by atoms with Gasteiger partial charge in [0.2, 0.25) is 5.95 Å². The van der Waals surface area contributed by atoms with Gasteiger partial charge in [-0.15, -0.1) is 11.3 Å². The van der Waals surface area contributed by atoms with Crippen LogP contribution < -0.4 is 5.32 Å². The van der Waals surface area contributed by atoms with Crippen molar-refractivity contribution < 1.29 is 9.53 Å². The molecular formula is C20H19N3O2S. The Balaban J connectivity index is 1.95. The molecule has 4 rings (SSSR count). The highest BCUT2D eigenvalue weighted by molar-refractivity contribution is 7.10. The Labute approximate surface area is 155 Å². The van der Waals surface area contributed by atoms with Crippen LogP contribution in [0, 0.1) is 6.92 Å². The van der Waals surface area contributed by atoms with Crippen molar-refractivity contribution in [2.45, 2.75) is 19.9 Å². The summed E-state index contributed by atoms with van der Waals surface area (Å²) >= 11 is 1.64. The molecule has 3 aromatic rings. The fraction of sp³-hybridized carbons (Fsp3) is 0.200. The lowest BCUT2D eigenvalue weighted by Gasteiger charge is -2.29. The van der Waals surface area contributed by atoms with E-state index >= 15 is 0 Å². The van der Waals surface area contributed by atoms with Crippen molar-refractivity contribution in [2.24, 2.45) is 0 Å². The van der Waals surface area contributed by atoms with Gasteiger partial charge < -0.3 is 10.1 Å². The van der Waals surface area contributed by atoms with Crippen LogP contribution in [0.15, 0.2) is 59.6 Å². The van der Waals surface area contributed by atoms with Crippen LogP contribution in [0.3, 0.4) is 0 Å². The maximum Gasteiger partial charge on any atom is 0.338 e. The zero-order valence-corrected chi connectivity index (χ0v) is 15.5. The first kappa shape index (κ1) is 16.6. The van der Waals surface area contributed by atoms with Crippen LogP contribution in [-0.2, 0) is 9.53 Å². The number of esters is 1. The van der Waals surface area contributed by atoms with Crippen LogP contribution in [-0.4, -0.2) is 22.1 Å². The SMILES string of the molecule is C=CCOC(=O)C1=C(C)Nc2nc3ccccc3n2[C@@H]1c1sccc1C.